The van der Waals surface area contributed by atoms with Crippen molar-refractivity contribution in [2.75, 3.05) is 20.2 Å². The van der Waals surface area contributed by atoms with Crippen LogP contribution in [-0.4, -0.2) is 36.2 Å². The van der Waals surface area contributed by atoms with Crippen molar-refractivity contribution in [3.63, 3.8) is 0 Å². The number of carboxylic acid groups (broad SMARTS) is 1. The normalized spacial score (nSPS) is 16.5. The Balaban J connectivity index is 1.37. The van der Waals surface area contributed by atoms with Gasteiger partial charge >= 0.3 is 5.97 Å². The second-order valence-corrected chi connectivity index (χ2v) is 10.2. The van der Waals surface area contributed by atoms with E-state index in [1.54, 1.807) is 19.2 Å². The highest BCUT2D eigenvalue weighted by Crippen LogP contribution is 2.45. The molecular weight excluding hydrogens is 469 g/mol. The van der Waals surface area contributed by atoms with Gasteiger partial charge in [0.15, 0.2) is 0 Å². The maximum absolute atomic E-state index is 14.9. The molecule has 1 aliphatic carbocycles. The SMILES string of the molecule is COc1ccc(F)c(-c2ccc(COc3cccc([C@@H](CC(=O)O)C4CC4)c3)cc2CN2CCCC2)c1. The number of methoxy groups -OCH3 is 1. The number of carboxylic acids is 1. The van der Waals surface area contributed by atoms with Crippen molar-refractivity contribution < 1.29 is 23.8 Å². The number of carbonyl (C=O) groups is 1. The van der Waals surface area contributed by atoms with E-state index in [-0.39, 0.29) is 18.2 Å². The van der Waals surface area contributed by atoms with Crippen molar-refractivity contribution in [3.8, 4) is 22.6 Å². The van der Waals surface area contributed by atoms with Gasteiger partial charge < -0.3 is 14.6 Å². The number of halogens is 1. The molecule has 0 radical (unpaired) electrons. The Hall–Kier alpha value is -3.38. The Labute approximate surface area is 217 Å². The fraction of sp³-hybridized carbons (Fsp3) is 0.387. The van der Waals surface area contributed by atoms with Crippen LogP contribution in [0.3, 0.4) is 0 Å². The first-order valence-electron chi connectivity index (χ1n) is 13.1. The van der Waals surface area contributed by atoms with Crippen molar-refractivity contribution >= 4 is 5.97 Å². The van der Waals surface area contributed by atoms with Gasteiger partial charge in [-0.3, -0.25) is 9.69 Å². The number of hydrogen-bond acceptors (Lipinski definition) is 4. The predicted molar refractivity (Wildman–Crippen MR) is 141 cm³/mol. The van der Waals surface area contributed by atoms with Gasteiger partial charge in [0, 0.05) is 12.1 Å². The Bertz CT molecular complexity index is 1250. The average molecular weight is 504 g/mol. The molecular formula is C31H34FNO4. The third-order valence-electron chi connectivity index (χ3n) is 7.50. The van der Waals surface area contributed by atoms with Gasteiger partial charge in [0.2, 0.25) is 0 Å². The lowest BCUT2D eigenvalue weighted by Crippen LogP contribution is -2.19. The lowest BCUT2D eigenvalue weighted by molar-refractivity contribution is -0.137. The summed E-state index contributed by atoms with van der Waals surface area (Å²) < 4.78 is 26.4. The molecule has 1 saturated heterocycles. The second kappa shape index (κ2) is 11.3. The maximum atomic E-state index is 14.9. The number of nitrogens with zero attached hydrogens (tertiary/aromatic N) is 1. The van der Waals surface area contributed by atoms with E-state index < -0.39 is 5.97 Å². The molecule has 3 aromatic carbocycles. The molecule has 6 heteroatoms. The molecule has 5 rings (SSSR count). The molecule has 0 unspecified atom stereocenters. The molecule has 0 spiro atoms. The summed E-state index contributed by atoms with van der Waals surface area (Å²) in [5.41, 5.74) is 4.52. The zero-order chi connectivity index (χ0) is 25.8. The quantitative estimate of drug-likeness (QED) is 0.318. The standard InChI is InChI=1S/C31H34FNO4/c1-36-25-10-12-30(32)29(17-25)27-11-7-21(15-24(27)19-33-13-2-3-14-33)20-37-26-6-4-5-23(16-26)28(18-31(34)35)22-8-9-22/h4-7,10-12,15-17,22,28H,2-3,8-9,13-14,18-20H2,1H3,(H,34,35)/t28-/m0/s1. The van der Waals surface area contributed by atoms with Gasteiger partial charge in [0.1, 0.15) is 23.9 Å². The number of ether oxygens (including phenoxy) is 2. The lowest BCUT2D eigenvalue weighted by Gasteiger charge is -2.20. The largest absolute Gasteiger partial charge is 0.497 e. The van der Waals surface area contributed by atoms with Gasteiger partial charge in [-0.05, 0) is 103 Å². The molecule has 194 valence electrons. The molecule has 0 aromatic heterocycles. The van der Waals surface area contributed by atoms with E-state index in [4.69, 9.17) is 9.47 Å². The zero-order valence-corrected chi connectivity index (χ0v) is 21.3. The van der Waals surface area contributed by atoms with Crippen molar-refractivity contribution in [1.29, 1.82) is 0 Å². The summed E-state index contributed by atoms with van der Waals surface area (Å²) in [6.45, 7) is 3.23. The molecule has 1 N–H and O–H groups in total. The van der Waals surface area contributed by atoms with E-state index in [1.807, 2.05) is 36.4 Å². The molecule has 5 nitrogen and oxygen atoms in total. The summed E-state index contributed by atoms with van der Waals surface area (Å²) in [7, 11) is 1.59. The van der Waals surface area contributed by atoms with Crippen LogP contribution in [0.25, 0.3) is 11.1 Å². The monoisotopic (exact) mass is 503 g/mol. The number of aliphatic carboxylic acids is 1. The lowest BCUT2D eigenvalue weighted by atomic mass is 9.91. The van der Waals surface area contributed by atoms with Gasteiger partial charge in [-0.15, -0.1) is 0 Å². The third-order valence-corrected chi connectivity index (χ3v) is 7.50. The van der Waals surface area contributed by atoms with E-state index in [9.17, 15) is 14.3 Å². The highest BCUT2D eigenvalue weighted by Gasteiger charge is 2.33. The fourth-order valence-corrected chi connectivity index (χ4v) is 5.39. The topological polar surface area (TPSA) is 59.0 Å². The van der Waals surface area contributed by atoms with E-state index in [0.29, 0.717) is 23.8 Å². The number of rotatable bonds is 11. The van der Waals surface area contributed by atoms with Crippen LogP contribution in [0.2, 0.25) is 0 Å². The highest BCUT2D eigenvalue weighted by molar-refractivity contribution is 5.70. The minimum atomic E-state index is -0.763. The second-order valence-electron chi connectivity index (χ2n) is 10.2. The molecule has 1 aliphatic heterocycles. The van der Waals surface area contributed by atoms with Crippen molar-refractivity contribution in [2.45, 2.75) is 51.2 Å². The van der Waals surface area contributed by atoms with Crippen molar-refractivity contribution in [3.05, 3.63) is 83.2 Å². The van der Waals surface area contributed by atoms with Crippen LogP contribution in [0, 0.1) is 11.7 Å². The van der Waals surface area contributed by atoms with Crippen LogP contribution in [0.15, 0.2) is 60.7 Å². The summed E-state index contributed by atoms with van der Waals surface area (Å²) >= 11 is 0. The molecule has 2 aliphatic rings. The molecule has 1 saturated carbocycles. The van der Waals surface area contributed by atoms with Gasteiger partial charge in [0.25, 0.3) is 0 Å². The first kappa shape index (κ1) is 25.3. The van der Waals surface area contributed by atoms with E-state index >= 15 is 0 Å². The maximum Gasteiger partial charge on any atom is 0.303 e. The van der Waals surface area contributed by atoms with Gasteiger partial charge in [0.05, 0.1) is 13.5 Å². The zero-order valence-electron chi connectivity index (χ0n) is 21.3. The van der Waals surface area contributed by atoms with Gasteiger partial charge in [-0.1, -0.05) is 30.3 Å². The van der Waals surface area contributed by atoms with Crippen molar-refractivity contribution in [2.24, 2.45) is 5.92 Å². The smallest absolute Gasteiger partial charge is 0.303 e. The third kappa shape index (κ3) is 6.31. The van der Waals surface area contributed by atoms with Gasteiger partial charge in [-0.2, -0.15) is 0 Å². The predicted octanol–water partition coefficient (Wildman–Crippen LogP) is 6.64. The molecule has 1 heterocycles. The molecule has 2 fully saturated rings. The number of hydrogen-bond donors (Lipinski definition) is 1. The highest BCUT2D eigenvalue weighted by atomic mass is 19.1. The van der Waals surface area contributed by atoms with Crippen LogP contribution in [-0.2, 0) is 17.9 Å². The van der Waals surface area contributed by atoms with E-state index in [0.717, 1.165) is 60.5 Å². The molecule has 3 aromatic rings. The first-order valence-corrected chi connectivity index (χ1v) is 13.1. The molecule has 0 amide bonds. The van der Waals surface area contributed by atoms with Crippen LogP contribution < -0.4 is 9.47 Å². The summed E-state index contributed by atoms with van der Waals surface area (Å²) in [6, 6.07) is 18.8. The van der Waals surface area contributed by atoms with Crippen LogP contribution in [0.1, 0.15) is 54.7 Å². The minimum Gasteiger partial charge on any atom is -0.497 e. The van der Waals surface area contributed by atoms with E-state index in [1.165, 1.54) is 18.9 Å². The van der Waals surface area contributed by atoms with E-state index in [2.05, 4.69) is 11.0 Å². The number of likely N-dealkylation sites (tertiary alicyclic amines) is 1. The van der Waals surface area contributed by atoms with Crippen LogP contribution in [0.4, 0.5) is 4.39 Å². The average Bonchev–Trinajstić information content (AvgIpc) is 3.62. The van der Waals surface area contributed by atoms with Gasteiger partial charge in [-0.25, -0.2) is 4.39 Å². The summed E-state index contributed by atoms with van der Waals surface area (Å²) in [4.78, 5) is 13.8. The molecule has 0 bridgehead atoms. The molecule has 37 heavy (non-hydrogen) atoms. The van der Waals surface area contributed by atoms with Crippen LogP contribution >= 0.6 is 0 Å². The minimum absolute atomic E-state index is 0.0326. The first-order chi connectivity index (χ1) is 18.0. The Morgan fingerprint density at radius 1 is 1.03 bits per heavy atom. The van der Waals surface area contributed by atoms with Crippen LogP contribution in [0.5, 0.6) is 11.5 Å². The molecule has 1 atom stereocenters. The Kier molecular flexibility index (Phi) is 7.75. The number of benzene rings is 3. The van der Waals surface area contributed by atoms with Crippen molar-refractivity contribution in [1.82, 2.24) is 4.90 Å². The Morgan fingerprint density at radius 3 is 2.57 bits per heavy atom. The fourth-order valence-electron chi connectivity index (χ4n) is 5.39. The Morgan fingerprint density at radius 2 is 1.84 bits per heavy atom. The summed E-state index contributed by atoms with van der Waals surface area (Å²) in [5, 5.41) is 9.36. The summed E-state index contributed by atoms with van der Waals surface area (Å²) in [6.07, 6.45) is 4.69. The summed E-state index contributed by atoms with van der Waals surface area (Å²) in [5.74, 6) is 0.812.